The maximum atomic E-state index is 12.5. The lowest BCUT2D eigenvalue weighted by Crippen LogP contribution is -2.22. The van der Waals surface area contributed by atoms with E-state index in [9.17, 15) is 24.8 Å². The number of benzene rings is 2. The fourth-order valence-electron chi connectivity index (χ4n) is 3.17. The molecule has 0 saturated heterocycles. The highest BCUT2D eigenvalue weighted by Gasteiger charge is 2.15. The lowest BCUT2D eigenvalue weighted by Gasteiger charge is -2.07. The summed E-state index contributed by atoms with van der Waals surface area (Å²) in [6, 6.07) is 15.9. The zero-order valence-electron chi connectivity index (χ0n) is 17.5. The van der Waals surface area contributed by atoms with E-state index >= 15 is 0 Å². The number of aromatic nitrogens is 2. The molecule has 0 unspecified atom stereocenters. The van der Waals surface area contributed by atoms with Crippen LogP contribution < -0.4 is 11.1 Å². The van der Waals surface area contributed by atoms with Crippen LogP contribution in [0.1, 0.15) is 26.6 Å². The molecule has 11 heteroatoms. The molecule has 0 aliphatic rings. The van der Waals surface area contributed by atoms with Crippen molar-refractivity contribution in [2.75, 3.05) is 5.73 Å². The standard InChI is InChI=1S/C23H17N5O6/c24-21-20(23(30)31)27-17(12-25-21)15-3-1-2-13(10-15)11-26-22(29)19-9-8-18(34-19)14-4-6-16(7-5-14)28(32)33/h1-10,12H,11H2,(H2,24,25)(H,26,29)(H,30,31). The van der Waals surface area contributed by atoms with Crippen molar-refractivity contribution >= 4 is 23.4 Å². The largest absolute Gasteiger partial charge is 0.476 e. The van der Waals surface area contributed by atoms with E-state index in [2.05, 4.69) is 15.3 Å². The van der Waals surface area contributed by atoms with Crippen molar-refractivity contribution in [1.29, 1.82) is 0 Å². The van der Waals surface area contributed by atoms with Gasteiger partial charge in [0.1, 0.15) is 5.76 Å². The van der Waals surface area contributed by atoms with Crippen LogP contribution in [-0.2, 0) is 6.54 Å². The Morgan fingerprint density at radius 3 is 2.56 bits per heavy atom. The van der Waals surface area contributed by atoms with Crippen LogP contribution in [0.5, 0.6) is 0 Å². The Bertz CT molecular complexity index is 1400. The number of nitrogen functional groups attached to an aromatic ring is 1. The van der Waals surface area contributed by atoms with Crippen molar-refractivity contribution in [2.24, 2.45) is 0 Å². The van der Waals surface area contributed by atoms with Crippen LogP contribution in [0.2, 0.25) is 0 Å². The van der Waals surface area contributed by atoms with E-state index in [1.807, 2.05) is 0 Å². The van der Waals surface area contributed by atoms with Crippen molar-refractivity contribution in [3.8, 4) is 22.6 Å². The molecule has 0 aliphatic heterocycles. The SMILES string of the molecule is Nc1ncc(-c2cccc(CNC(=O)c3ccc(-c4ccc([N+](=O)[O-])cc4)o3)c2)nc1C(=O)O. The Kier molecular flexibility index (Phi) is 5.99. The normalized spacial score (nSPS) is 10.6. The zero-order chi connectivity index (χ0) is 24.2. The molecule has 0 saturated carbocycles. The van der Waals surface area contributed by atoms with E-state index in [1.54, 1.807) is 42.5 Å². The predicted molar refractivity (Wildman–Crippen MR) is 121 cm³/mol. The maximum Gasteiger partial charge on any atom is 0.358 e. The summed E-state index contributed by atoms with van der Waals surface area (Å²) >= 11 is 0. The number of carbonyl (C=O) groups is 2. The van der Waals surface area contributed by atoms with Crippen LogP contribution >= 0.6 is 0 Å². The number of anilines is 1. The van der Waals surface area contributed by atoms with Gasteiger partial charge < -0.3 is 20.6 Å². The first-order chi connectivity index (χ1) is 16.3. The van der Waals surface area contributed by atoms with Gasteiger partial charge >= 0.3 is 5.97 Å². The summed E-state index contributed by atoms with van der Waals surface area (Å²) < 4.78 is 5.59. The van der Waals surface area contributed by atoms with Gasteiger partial charge in [-0.25, -0.2) is 14.8 Å². The lowest BCUT2D eigenvalue weighted by atomic mass is 10.1. The number of non-ortho nitro benzene ring substituents is 1. The monoisotopic (exact) mass is 459 g/mol. The number of aromatic carboxylic acids is 1. The number of furan rings is 1. The molecular formula is C23H17N5O6. The molecule has 0 radical (unpaired) electrons. The molecule has 2 aromatic carbocycles. The zero-order valence-corrected chi connectivity index (χ0v) is 17.5. The Morgan fingerprint density at radius 2 is 1.85 bits per heavy atom. The molecule has 2 aromatic heterocycles. The third-order valence-electron chi connectivity index (χ3n) is 4.87. The number of nitro benzene ring substituents is 1. The summed E-state index contributed by atoms with van der Waals surface area (Å²) in [5.41, 5.74) is 7.46. The minimum atomic E-state index is -1.28. The second-order valence-corrected chi connectivity index (χ2v) is 7.15. The average Bonchev–Trinajstić information content (AvgIpc) is 3.33. The van der Waals surface area contributed by atoms with Gasteiger partial charge in [0.05, 0.1) is 16.8 Å². The molecule has 0 aliphatic carbocycles. The third-order valence-corrected chi connectivity index (χ3v) is 4.87. The van der Waals surface area contributed by atoms with Crippen LogP contribution in [-0.4, -0.2) is 31.9 Å². The number of rotatable bonds is 7. The molecule has 170 valence electrons. The summed E-state index contributed by atoms with van der Waals surface area (Å²) in [7, 11) is 0. The molecule has 1 amide bonds. The van der Waals surface area contributed by atoms with Crippen molar-refractivity contribution in [3.63, 3.8) is 0 Å². The van der Waals surface area contributed by atoms with Gasteiger partial charge in [-0.3, -0.25) is 14.9 Å². The summed E-state index contributed by atoms with van der Waals surface area (Å²) in [6.07, 6.45) is 1.38. The van der Waals surface area contributed by atoms with Crippen LogP contribution in [0.4, 0.5) is 11.5 Å². The van der Waals surface area contributed by atoms with E-state index in [-0.39, 0.29) is 29.5 Å². The second-order valence-electron chi connectivity index (χ2n) is 7.15. The first-order valence-corrected chi connectivity index (χ1v) is 9.90. The quantitative estimate of drug-likeness (QED) is 0.276. The molecule has 0 spiro atoms. The van der Waals surface area contributed by atoms with Gasteiger partial charge in [0.2, 0.25) is 0 Å². The lowest BCUT2D eigenvalue weighted by molar-refractivity contribution is -0.384. The number of nitrogens with one attached hydrogen (secondary N) is 1. The van der Waals surface area contributed by atoms with Crippen LogP contribution in [0.15, 0.2) is 71.3 Å². The number of hydrogen-bond acceptors (Lipinski definition) is 8. The van der Waals surface area contributed by atoms with Gasteiger partial charge in [-0.2, -0.15) is 0 Å². The first kappa shape index (κ1) is 22.1. The predicted octanol–water partition coefficient (Wildman–Crippen LogP) is 3.52. The molecule has 0 bridgehead atoms. The Labute approximate surface area is 192 Å². The summed E-state index contributed by atoms with van der Waals surface area (Å²) in [4.78, 5) is 42.0. The Morgan fingerprint density at radius 1 is 1.09 bits per heavy atom. The number of nitrogens with two attached hydrogens (primary N) is 1. The van der Waals surface area contributed by atoms with Gasteiger partial charge in [0.15, 0.2) is 17.3 Å². The number of nitro groups is 1. The average molecular weight is 459 g/mol. The number of nitrogens with zero attached hydrogens (tertiary/aromatic N) is 3. The minimum absolute atomic E-state index is 0.0420. The minimum Gasteiger partial charge on any atom is -0.476 e. The smallest absolute Gasteiger partial charge is 0.358 e. The highest BCUT2D eigenvalue weighted by atomic mass is 16.6. The topological polar surface area (TPSA) is 174 Å². The van der Waals surface area contributed by atoms with Crippen molar-refractivity contribution < 1.29 is 24.0 Å². The van der Waals surface area contributed by atoms with Crippen LogP contribution in [0.3, 0.4) is 0 Å². The molecule has 0 fully saturated rings. The molecule has 11 nitrogen and oxygen atoms in total. The van der Waals surface area contributed by atoms with Gasteiger partial charge in [0.25, 0.3) is 11.6 Å². The molecule has 2 heterocycles. The van der Waals surface area contributed by atoms with Gasteiger partial charge in [-0.05, 0) is 35.9 Å². The number of hydrogen-bond donors (Lipinski definition) is 3. The Hall–Kier alpha value is -5.06. The van der Waals surface area contributed by atoms with E-state index in [1.165, 1.54) is 24.4 Å². The molecule has 4 N–H and O–H groups in total. The van der Waals surface area contributed by atoms with Gasteiger partial charge in [-0.1, -0.05) is 18.2 Å². The van der Waals surface area contributed by atoms with E-state index in [4.69, 9.17) is 10.2 Å². The summed E-state index contributed by atoms with van der Waals surface area (Å²) in [5.74, 6) is -1.41. The molecule has 4 rings (SSSR count). The highest BCUT2D eigenvalue weighted by Crippen LogP contribution is 2.25. The van der Waals surface area contributed by atoms with Crippen LogP contribution in [0.25, 0.3) is 22.6 Å². The molecule has 4 aromatic rings. The van der Waals surface area contributed by atoms with Gasteiger partial charge in [0, 0.05) is 29.8 Å². The molecular weight excluding hydrogens is 442 g/mol. The second kappa shape index (κ2) is 9.20. The number of carboxylic acids is 1. The van der Waals surface area contributed by atoms with Gasteiger partial charge in [-0.15, -0.1) is 0 Å². The highest BCUT2D eigenvalue weighted by molar-refractivity contribution is 5.92. The molecule has 0 atom stereocenters. The van der Waals surface area contributed by atoms with E-state index in [0.29, 0.717) is 22.6 Å². The van der Waals surface area contributed by atoms with Crippen molar-refractivity contribution in [3.05, 3.63) is 94.0 Å². The molecule has 34 heavy (non-hydrogen) atoms. The van der Waals surface area contributed by atoms with E-state index in [0.717, 1.165) is 5.56 Å². The fraction of sp³-hybridized carbons (Fsp3) is 0.0435. The summed E-state index contributed by atoms with van der Waals surface area (Å²) in [6.45, 7) is 0.175. The number of amides is 1. The number of carbonyl (C=O) groups excluding carboxylic acids is 1. The fourth-order valence-corrected chi connectivity index (χ4v) is 3.17. The Balaban J connectivity index is 1.44. The third kappa shape index (κ3) is 4.72. The van der Waals surface area contributed by atoms with E-state index < -0.39 is 16.8 Å². The maximum absolute atomic E-state index is 12.5. The van der Waals surface area contributed by atoms with Crippen molar-refractivity contribution in [1.82, 2.24) is 15.3 Å². The first-order valence-electron chi connectivity index (χ1n) is 9.90. The van der Waals surface area contributed by atoms with Crippen molar-refractivity contribution in [2.45, 2.75) is 6.54 Å². The number of carboxylic acid groups (broad SMARTS) is 1. The summed E-state index contributed by atoms with van der Waals surface area (Å²) in [5, 5.41) is 22.7. The van der Waals surface area contributed by atoms with Crippen LogP contribution in [0, 0.1) is 10.1 Å².